The molecular weight excluding hydrogens is 316 g/mol. The first-order valence-corrected chi connectivity index (χ1v) is 9.05. The molecule has 0 atom stereocenters. The van der Waals surface area contributed by atoms with Gasteiger partial charge in [-0.25, -0.2) is 4.98 Å². The second kappa shape index (κ2) is 6.24. The normalized spacial score (nSPS) is 11.4. The Morgan fingerprint density at radius 1 is 1.04 bits per heavy atom. The lowest BCUT2D eigenvalue weighted by atomic mass is 10.1. The van der Waals surface area contributed by atoms with Crippen molar-refractivity contribution < 1.29 is 0 Å². The van der Waals surface area contributed by atoms with Gasteiger partial charge in [0.15, 0.2) is 5.65 Å². The third-order valence-corrected chi connectivity index (χ3v) is 4.78. The lowest BCUT2D eigenvalue weighted by Gasteiger charge is -2.07. The van der Waals surface area contributed by atoms with E-state index in [0.717, 1.165) is 39.5 Å². The van der Waals surface area contributed by atoms with Gasteiger partial charge >= 0.3 is 0 Å². The summed E-state index contributed by atoms with van der Waals surface area (Å²) in [5, 5.41) is 10.6. The zero-order valence-corrected chi connectivity index (χ0v) is 14.5. The largest absolute Gasteiger partial charge is 0.319 e. The Morgan fingerprint density at radius 2 is 1.88 bits per heavy atom. The molecule has 2 aromatic carbocycles. The van der Waals surface area contributed by atoms with Crippen molar-refractivity contribution in [2.24, 2.45) is 0 Å². The molecule has 0 bridgehead atoms. The highest BCUT2D eigenvalue weighted by atomic mass is 32.2. The van der Waals surface area contributed by atoms with Gasteiger partial charge in [0.1, 0.15) is 5.52 Å². The summed E-state index contributed by atoms with van der Waals surface area (Å²) in [6.07, 6.45) is 0. The Hall–Kier alpha value is -2.40. The van der Waals surface area contributed by atoms with E-state index in [4.69, 9.17) is 4.98 Å². The second-order valence-electron chi connectivity index (χ2n) is 5.79. The van der Waals surface area contributed by atoms with Crippen LogP contribution >= 0.6 is 11.8 Å². The van der Waals surface area contributed by atoms with Gasteiger partial charge in [-0.05, 0) is 30.4 Å². The number of rotatable bonds is 4. The summed E-state index contributed by atoms with van der Waals surface area (Å²) in [6.45, 7) is 4.97. The van der Waals surface area contributed by atoms with Gasteiger partial charge in [0.2, 0.25) is 5.16 Å². The lowest BCUT2D eigenvalue weighted by Crippen LogP contribution is -2.02. The number of thioether (sulfide) groups is 1. The molecule has 24 heavy (non-hydrogen) atoms. The Kier molecular flexibility index (Phi) is 3.94. The van der Waals surface area contributed by atoms with Gasteiger partial charge < -0.3 is 4.57 Å². The summed E-state index contributed by atoms with van der Waals surface area (Å²) in [5.41, 5.74) is 5.41. The molecule has 2 aromatic heterocycles. The first-order chi connectivity index (χ1) is 11.8. The summed E-state index contributed by atoms with van der Waals surface area (Å²) in [7, 11) is 0. The van der Waals surface area contributed by atoms with Crippen molar-refractivity contribution >= 4 is 33.8 Å². The van der Waals surface area contributed by atoms with Gasteiger partial charge in [0.05, 0.1) is 5.52 Å². The minimum atomic E-state index is 0.735. The molecule has 0 saturated carbocycles. The van der Waals surface area contributed by atoms with Crippen molar-refractivity contribution in [2.45, 2.75) is 25.5 Å². The van der Waals surface area contributed by atoms with Crippen molar-refractivity contribution in [3.8, 4) is 0 Å². The number of benzene rings is 2. The van der Waals surface area contributed by atoms with Crippen molar-refractivity contribution in [1.29, 1.82) is 0 Å². The average molecular weight is 334 g/mol. The lowest BCUT2D eigenvalue weighted by molar-refractivity contribution is 0.814. The van der Waals surface area contributed by atoms with Crippen molar-refractivity contribution in [2.75, 3.05) is 5.75 Å². The van der Waals surface area contributed by atoms with Crippen LogP contribution in [0, 0.1) is 6.92 Å². The molecule has 0 aliphatic rings. The average Bonchev–Trinajstić information content (AvgIpc) is 2.89. The molecule has 0 radical (unpaired) electrons. The maximum absolute atomic E-state index is 4.78. The van der Waals surface area contributed by atoms with Gasteiger partial charge in [-0.3, -0.25) is 0 Å². The zero-order chi connectivity index (χ0) is 16.5. The number of hydrogen-bond acceptors (Lipinski definition) is 4. The monoisotopic (exact) mass is 334 g/mol. The van der Waals surface area contributed by atoms with Crippen LogP contribution in [0.25, 0.3) is 22.1 Å². The molecule has 0 spiro atoms. The molecular formula is C19H18N4S. The summed E-state index contributed by atoms with van der Waals surface area (Å²) < 4.78 is 2.24. The third-order valence-electron chi connectivity index (χ3n) is 4.06. The van der Waals surface area contributed by atoms with E-state index < -0.39 is 0 Å². The quantitative estimate of drug-likeness (QED) is 0.517. The summed E-state index contributed by atoms with van der Waals surface area (Å²) in [5.74, 6) is 0.936. The van der Waals surface area contributed by atoms with Gasteiger partial charge in [0, 0.05) is 11.9 Å². The van der Waals surface area contributed by atoms with Crippen LogP contribution in [0.15, 0.2) is 53.7 Å². The molecule has 4 nitrogen and oxygen atoms in total. The van der Waals surface area contributed by atoms with Crippen LogP contribution in [0.1, 0.15) is 18.1 Å². The molecule has 2 heterocycles. The smallest absolute Gasteiger partial charge is 0.211 e. The standard InChI is InChI=1S/C19H18N4S/c1-3-24-19-20-18-17(21-22-19)15-11-13(2)9-10-16(15)23(18)12-14-7-5-4-6-8-14/h4-11H,3,12H2,1-2H3. The maximum atomic E-state index is 4.78. The fourth-order valence-electron chi connectivity index (χ4n) is 2.97. The van der Waals surface area contributed by atoms with E-state index in [-0.39, 0.29) is 0 Å². The molecule has 0 aliphatic carbocycles. The van der Waals surface area contributed by atoms with Crippen LogP contribution in [0.3, 0.4) is 0 Å². The van der Waals surface area contributed by atoms with Gasteiger partial charge in [-0.2, -0.15) is 0 Å². The number of hydrogen-bond donors (Lipinski definition) is 0. The van der Waals surface area contributed by atoms with Crippen molar-refractivity contribution in [3.05, 3.63) is 59.7 Å². The molecule has 120 valence electrons. The van der Waals surface area contributed by atoms with E-state index in [2.05, 4.69) is 71.1 Å². The molecule has 0 unspecified atom stereocenters. The van der Waals surface area contributed by atoms with E-state index in [1.165, 1.54) is 11.1 Å². The molecule has 0 amide bonds. The summed E-state index contributed by atoms with van der Waals surface area (Å²) in [6, 6.07) is 16.9. The van der Waals surface area contributed by atoms with E-state index in [9.17, 15) is 0 Å². The van der Waals surface area contributed by atoms with E-state index in [1.807, 2.05) is 6.07 Å². The Labute approximate surface area is 144 Å². The predicted octanol–water partition coefficient (Wildman–Crippen LogP) is 4.45. The predicted molar refractivity (Wildman–Crippen MR) is 99.5 cm³/mol. The number of aromatic nitrogens is 4. The Morgan fingerprint density at radius 3 is 2.67 bits per heavy atom. The molecule has 4 aromatic rings. The van der Waals surface area contributed by atoms with Crippen LogP contribution in [-0.2, 0) is 6.54 Å². The number of nitrogens with zero attached hydrogens (tertiary/aromatic N) is 4. The topological polar surface area (TPSA) is 43.6 Å². The molecule has 0 aliphatic heterocycles. The van der Waals surface area contributed by atoms with E-state index >= 15 is 0 Å². The second-order valence-corrected chi connectivity index (χ2v) is 7.02. The molecule has 5 heteroatoms. The van der Waals surface area contributed by atoms with Crippen molar-refractivity contribution in [3.63, 3.8) is 0 Å². The van der Waals surface area contributed by atoms with Crippen LogP contribution in [0.4, 0.5) is 0 Å². The third kappa shape index (κ3) is 2.65. The SMILES string of the molecule is CCSc1nnc2c3cc(C)ccc3n(Cc3ccccc3)c2n1. The van der Waals surface area contributed by atoms with Crippen LogP contribution in [0.5, 0.6) is 0 Å². The Bertz CT molecular complexity index is 1010. The Balaban J connectivity index is 1.97. The minimum Gasteiger partial charge on any atom is -0.319 e. The van der Waals surface area contributed by atoms with Gasteiger partial charge in [-0.15, -0.1) is 10.2 Å². The molecule has 0 saturated heterocycles. The maximum Gasteiger partial charge on any atom is 0.211 e. The fourth-order valence-corrected chi connectivity index (χ4v) is 3.48. The van der Waals surface area contributed by atoms with E-state index in [1.54, 1.807) is 11.8 Å². The first-order valence-electron chi connectivity index (χ1n) is 8.06. The van der Waals surface area contributed by atoms with E-state index in [0.29, 0.717) is 0 Å². The highest BCUT2D eigenvalue weighted by molar-refractivity contribution is 7.99. The fraction of sp³-hybridized carbons (Fsp3) is 0.211. The molecule has 0 fully saturated rings. The molecule has 0 N–H and O–H groups in total. The summed E-state index contributed by atoms with van der Waals surface area (Å²) >= 11 is 1.62. The zero-order valence-electron chi connectivity index (χ0n) is 13.7. The molecule has 4 rings (SSSR count). The van der Waals surface area contributed by atoms with Crippen LogP contribution in [-0.4, -0.2) is 25.5 Å². The minimum absolute atomic E-state index is 0.735. The number of fused-ring (bicyclic) bond motifs is 3. The van der Waals surface area contributed by atoms with Crippen molar-refractivity contribution in [1.82, 2.24) is 19.7 Å². The first kappa shape index (κ1) is 15.1. The summed E-state index contributed by atoms with van der Waals surface area (Å²) in [4.78, 5) is 4.78. The van der Waals surface area contributed by atoms with Crippen LogP contribution < -0.4 is 0 Å². The number of aryl methyl sites for hydroxylation is 1. The van der Waals surface area contributed by atoms with Crippen LogP contribution in [0.2, 0.25) is 0 Å². The highest BCUT2D eigenvalue weighted by Gasteiger charge is 2.15. The van der Waals surface area contributed by atoms with Gasteiger partial charge in [0.25, 0.3) is 0 Å². The highest BCUT2D eigenvalue weighted by Crippen LogP contribution is 2.28. The van der Waals surface area contributed by atoms with Gasteiger partial charge in [-0.1, -0.05) is 60.6 Å².